The molecule has 19 heavy (non-hydrogen) atoms. The fraction of sp³-hybridized carbons (Fsp3) is 0.111. The third-order valence-electron chi connectivity index (χ3n) is 2.11. The molecule has 98 valence electrons. The van der Waals surface area contributed by atoms with Crippen molar-refractivity contribution in [3.05, 3.63) is 28.8 Å². The number of benzene rings is 1. The molecule has 0 atom stereocenters. The summed E-state index contributed by atoms with van der Waals surface area (Å²) in [6.45, 7) is 0. The lowest BCUT2D eigenvalue weighted by Gasteiger charge is -2.05. The summed E-state index contributed by atoms with van der Waals surface area (Å²) in [6, 6.07) is 5.61. The van der Waals surface area contributed by atoms with E-state index in [2.05, 4.69) is 20.1 Å². The molecule has 8 nitrogen and oxygen atoms in total. The first kappa shape index (κ1) is 13.3. The quantitative estimate of drug-likeness (QED) is 0.884. The minimum Gasteiger partial charge on any atom is -0.245 e. The summed E-state index contributed by atoms with van der Waals surface area (Å²) in [5, 5.41) is 19.5. The van der Waals surface area contributed by atoms with Gasteiger partial charge in [0.15, 0.2) is 0 Å². The van der Waals surface area contributed by atoms with E-state index < -0.39 is 10.0 Å². The number of nitrogens with zero attached hydrogens (tertiary/aromatic N) is 5. The number of hydrogen-bond donors (Lipinski definition) is 1. The van der Waals surface area contributed by atoms with Gasteiger partial charge in [-0.2, -0.15) is 10.1 Å². The van der Waals surface area contributed by atoms with Crippen LogP contribution in [0.2, 0.25) is 5.02 Å². The van der Waals surface area contributed by atoms with E-state index in [4.69, 9.17) is 16.9 Å². The molecule has 0 radical (unpaired) electrons. The van der Waals surface area contributed by atoms with E-state index >= 15 is 0 Å². The van der Waals surface area contributed by atoms with Gasteiger partial charge in [0.2, 0.25) is 0 Å². The van der Waals surface area contributed by atoms with E-state index in [1.54, 1.807) is 0 Å². The number of aromatic nitrogens is 4. The number of hydrogen-bond acceptors (Lipinski definition) is 6. The summed E-state index contributed by atoms with van der Waals surface area (Å²) in [6.07, 6.45) is 0. The van der Waals surface area contributed by atoms with Crippen LogP contribution in [0.15, 0.2) is 23.1 Å². The number of tetrazole rings is 1. The summed E-state index contributed by atoms with van der Waals surface area (Å²) >= 11 is 5.78. The number of anilines is 1. The fourth-order valence-corrected chi connectivity index (χ4v) is 2.51. The second-order valence-corrected chi connectivity index (χ2v) is 5.55. The lowest BCUT2D eigenvalue weighted by molar-refractivity contribution is 0.600. The molecule has 0 unspecified atom stereocenters. The zero-order chi connectivity index (χ0) is 14.0. The molecule has 0 saturated heterocycles. The zero-order valence-corrected chi connectivity index (χ0v) is 11.1. The van der Waals surface area contributed by atoms with Gasteiger partial charge in [0, 0.05) is 0 Å². The molecule has 0 aliphatic heterocycles. The van der Waals surface area contributed by atoms with Gasteiger partial charge in [-0.3, -0.25) is 0 Å². The van der Waals surface area contributed by atoms with Gasteiger partial charge in [-0.25, -0.2) is 13.1 Å². The number of aryl methyl sites for hydroxylation is 1. The molecular weight excluding hydrogens is 292 g/mol. The molecule has 1 aromatic carbocycles. The van der Waals surface area contributed by atoms with Crippen molar-refractivity contribution in [1.29, 1.82) is 5.26 Å². The fourth-order valence-electron chi connectivity index (χ4n) is 1.26. The van der Waals surface area contributed by atoms with Crippen LogP contribution < -0.4 is 4.72 Å². The molecule has 0 aliphatic carbocycles. The van der Waals surface area contributed by atoms with Crippen LogP contribution in [0, 0.1) is 11.3 Å². The maximum Gasteiger partial charge on any atom is 0.277 e. The first-order valence-corrected chi connectivity index (χ1v) is 6.75. The maximum absolute atomic E-state index is 12.0. The van der Waals surface area contributed by atoms with E-state index in [0.29, 0.717) is 0 Å². The number of sulfonamides is 1. The molecule has 0 saturated carbocycles. The number of halogens is 1. The second-order valence-electron chi connectivity index (χ2n) is 3.46. The lowest BCUT2D eigenvalue weighted by Crippen LogP contribution is -2.14. The topological polar surface area (TPSA) is 114 Å². The van der Waals surface area contributed by atoms with Gasteiger partial charge >= 0.3 is 0 Å². The van der Waals surface area contributed by atoms with Crippen molar-refractivity contribution in [2.24, 2.45) is 7.05 Å². The van der Waals surface area contributed by atoms with E-state index in [0.717, 1.165) is 4.80 Å². The molecule has 1 aromatic heterocycles. The molecule has 1 N–H and O–H groups in total. The van der Waals surface area contributed by atoms with Crippen LogP contribution in [0.4, 0.5) is 5.95 Å². The highest BCUT2D eigenvalue weighted by Gasteiger charge is 2.18. The van der Waals surface area contributed by atoms with Gasteiger partial charge in [0.1, 0.15) is 6.07 Å². The molecular formula is C9H7ClN6O2S. The van der Waals surface area contributed by atoms with Crippen molar-refractivity contribution in [3.8, 4) is 6.07 Å². The van der Waals surface area contributed by atoms with Crippen molar-refractivity contribution in [2.45, 2.75) is 4.90 Å². The third kappa shape index (κ3) is 2.81. The Balaban J connectivity index is 2.35. The Morgan fingerprint density at radius 2 is 2.21 bits per heavy atom. The molecule has 2 rings (SSSR count). The Morgan fingerprint density at radius 1 is 1.47 bits per heavy atom. The highest BCUT2D eigenvalue weighted by molar-refractivity contribution is 7.92. The first-order valence-electron chi connectivity index (χ1n) is 4.89. The Labute approximate surface area is 113 Å². The highest BCUT2D eigenvalue weighted by atomic mass is 35.5. The maximum atomic E-state index is 12.0. The van der Waals surface area contributed by atoms with Crippen LogP contribution in [-0.2, 0) is 17.1 Å². The minimum atomic E-state index is -3.87. The average Bonchev–Trinajstić information content (AvgIpc) is 2.73. The van der Waals surface area contributed by atoms with Gasteiger partial charge in [-0.05, 0) is 23.4 Å². The first-order chi connectivity index (χ1) is 8.92. The summed E-state index contributed by atoms with van der Waals surface area (Å²) in [5.74, 6) is -0.150. The van der Waals surface area contributed by atoms with E-state index in [9.17, 15) is 8.42 Å². The van der Waals surface area contributed by atoms with Crippen molar-refractivity contribution in [2.75, 3.05) is 4.72 Å². The SMILES string of the molecule is Cn1nnc(NS(=O)(=O)c2ccc(C#N)c(Cl)c2)n1. The van der Waals surface area contributed by atoms with Crippen LogP contribution in [0.1, 0.15) is 5.56 Å². The van der Waals surface area contributed by atoms with Crippen LogP contribution in [0.3, 0.4) is 0 Å². The Morgan fingerprint density at radius 3 is 2.74 bits per heavy atom. The van der Waals surface area contributed by atoms with Gasteiger partial charge in [-0.1, -0.05) is 16.7 Å². The predicted molar refractivity (Wildman–Crippen MR) is 65.8 cm³/mol. The normalized spacial score (nSPS) is 11.0. The van der Waals surface area contributed by atoms with E-state index in [1.165, 1.54) is 25.2 Å². The van der Waals surface area contributed by atoms with Crippen molar-refractivity contribution in [3.63, 3.8) is 0 Å². The standard InChI is InChI=1S/C9H7ClN6O2S/c1-16-13-9(12-15-16)14-19(17,18)7-3-2-6(5-11)8(10)4-7/h2-4H,1H3,(H,13,14). The monoisotopic (exact) mass is 298 g/mol. The molecule has 10 heteroatoms. The number of rotatable bonds is 3. The molecule has 2 aromatic rings. The smallest absolute Gasteiger partial charge is 0.245 e. The van der Waals surface area contributed by atoms with Crippen LogP contribution in [0.25, 0.3) is 0 Å². The second kappa shape index (κ2) is 4.83. The van der Waals surface area contributed by atoms with Crippen molar-refractivity contribution >= 4 is 27.6 Å². The molecule has 0 fully saturated rings. The largest absolute Gasteiger partial charge is 0.277 e. The molecule has 0 spiro atoms. The average molecular weight is 299 g/mol. The highest BCUT2D eigenvalue weighted by Crippen LogP contribution is 2.21. The summed E-state index contributed by atoms with van der Waals surface area (Å²) in [7, 11) is -2.37. The van der Waals surface area contributed by atoms with Crippen LogP contribution in [0.5, 0.6) is 0 Å². The number of nitriles is 1. The number of nitrogens with one attached hydrogen (secondary N) is 1. The van der Waals surface area contributed by atoms with Gasteiger partial charge in [0.05, 0.1) is 22.5 Å². The molecule has 1 heterocycles. The summed E-state index contributed by atoms with van der Waals surface area (Å²) < 4.78 is 26.1. The minimum absolute atomic E-state index is 0.0532. The Kier molecular flexibility index (Phi) is 3.37. The van der Waals surface area contributed by atoms with Gasteiger partial charge in [-0.15, -0.1) is 5.10 Å². The van der Waals surface area contributed by atoms with Crippen LogP contribution >= 0.6 is 11.6 Å². The summed E-state index contributed by atoms with van der Waals surface area (Å²) in [4.78, 5) is 1.02. The summed E-state index contributed by atoms with van der Waals surface area (Å²) in [5.41, 5.74) is 0.193. The van der Waals surface area contributed by atoms with Gasteiger partial charge in [0.25, 0.3) is 16.0 Å². The molecule has 0 amide bonds. The van der Waals surface area contributed by atoms with Gasteiger partial charge < -0.3 is 0 Å². The van der Waals surface area contributed by atoms with Crippen molar-refractivity contribution in [1.82, 2.24) is 20.2 Å². The van der Waals surface area contributed by atoms with E-state index in [1.807, 2.05) is 6.07 Å². The lowest BCUT2D eigenvalue weighted by atomic mass is 10.2. The Bertz CT molecular complexity index is 763. The Hall–Kier alpha value is -2.18. The molecule has 0 aliphatic rings. The molecule has 0 bridgehead atoms. The third-order valence-corrected chi connectivity index (χ3v) is 3.74. The predicted octanol–water partition coefficient (Wildman–Crippen LogP) is 0.536. The zero-order valence-electron chi connectivity index (χ0n) is 9.57. The van der Waals surface area contributed by atoms with E-state index in [-0.39, 0.29) is 21.4 Å². The van der Waals surface area contributed by atoms with Crippen molar-refractivity contribution < 1.29 is 8.42 Å². The van der Waals surface area contributed by atoms with Crippen LogP contribution in [-0.4, -0.2) is 28.6 Å².